The molecule has 1 aromatic heterocycles. The Bertz CT molecular complexity index is 467. The molecule has 0 unspecified atom stereocenters. The number of methoxy groups -OCH3 is 1. The third-order valence-electron chi connectivity index (χ3n) is 1.80. The number of aromatic nitrogens is 1. The van der Waals surface area contributed by atoms with Gasteiger partial charge in [0.05, 0.1) is 12.8 Å². The average molecular weight is 440 g/mol. The first-order valence-corrected chi connectivity index (χ1v) is 6.57. The minimum Gasteiger partial charge on any atom is -0.465 e. The minimum absolute atomic E-state index is 0.0132. The van der Waals surface area contributed by atoms with Gasteiger partial charge in [0.15, 0.2) is 5.75 Å². The van der Waals surface area contributed by atoms with Crippen molar-refractivity contribution in [3.8, 4) is 5.75 Å². The maximum absolute atomic E-state index is 12.3. The number of alkyl halides is 4. The predicted octanol–water partition coefficient (Wildman–Crippen LogP) is 3.27. The lowest BCUT2D eigenvalue weighted by atomic mass is 10.2. The molecule has 0 N–H and O–H groups in total. The fraction of sp³-hybridized carbons (Fsp3) is 0.333. The van der Waals surface area contributed by atoms with Crippen molar-refractivity contribution in [3.05, 3.63) is 21.0 Å². The normalized spacial score (nSPS) is 11.2. The van der Waals surface area contributed by atoms with Gasteiger partial charge in [0.25, 0.3) is 0 Å². The number of rotatable bonds is 3. The first kappa shape index (κ1) is 15.5. The zero-order valence-corrected chi connectivity index (χ0v) is 12.6. The van der Waals surface area contributed by atoms with Crippen LogP contribution in [0.4, 0.5) is 13.2 Å². The minimum atomic E-state index is -4.91. The smallest absolute Gasteiger partial charge is 0.465 e. The largest absolute Gasteiger partial charge is 0.573 e. The summed E-state index contributed by atoms with van der Waals surface area (Å²) < 4.78 is 45.5. The van der Waals surface area contributed by atoms with Crippen LogP contribution in [0.25, 0.3) is 0 Å². The molecule has 0 aliphatic rings. The number of pyridine rings is 1. The number of carbonyl (C=O) groups is 1. The molecule has 100 valence electrons. The molecular weight excluding hydrogens is 434 g/mol. The number of hydrogen-bond donors (Lipinski definition) is 0. The first-order valence-electron chi connectivity index (χ1n) is 4.37. The van der Waals surface area contributed by atoms with Crippen LogP contribution in [0.15, 0.2) is 6.20 Å². The molecule has 0 fully saturated rings. The molecule has 0 spiro atoms. The zero-order chi connectivity index (χ0) is 13.9. The molecule has 4 nitrogen and oxygen atoms in total. The summed E-state index contributed by atoms with van der Waals surface area (Å²) in [5.74, 6) is -1.55. The van der Waals surface area contributed by atoms with Gasteiger partial charge in [-0.05, 0) is 22.6 Å². The van der Waals surface area contributed by atoms with E-state index in [1.807, 2.05) is 0 Å². The third-order valence-corrected chi connectivity index (χ3v) is 3.14. The van der Waals surface area contributed by atoms with E-state index in [1.54, 1.807) is 22.6 Å². The molecule has 1 rings (SSSR count). The second-order valence-electron chi connectivity index (χ2n) is 2.93. The van der Waals surface area contributed by atoms with Crippen molar-refractivity contribution < 1.29 is 27.4 Å². The summed E-state index contributed by atoms with van der Waals surface area (Å²) in [5, 5.41) is 0.0132. The summed E-state index contributed by atoms with van der Waals surface area (Å²) in [6.45, 7) is 0. The molecule has 0 bridgehead atoms. The summed E-state index contributed by atoms with van der Waals surface area (Å²) in [6, 6.07) is 0. The lowest BCUT2D eigenvalue weighted by Crippen LogP contribution is -2.21. The molecule has 1 heterocycles. The predicted molar refractivity (Wildman–Crippen MR) is 67.6 cm³/mol. The van der Waals surface area contributed by atoms with E-state index in [0.717, 1.165) is 7.11 Å². The number of ether oxygens (including phenoxy) is 2. The Morgan fingerprint density at radius 3 is 2.61 bits per heavy atom. The van der Waals surface area contributed by atoms with Crippen LogP contribution in [0, 0.1) is 3.57 Å². The average Bonchev–Trinajstić information content (AvgIpc) is 2.27. The van der Waals surface area contributed by atoms with E-state index in [-0.39, 0.29) is 20.2 Å². The molecule has 0 aliphatic heterocycles. The molecule has 0 atom stereocenters. The van der Waals surface area contributed by atoms with Gasteiger partial charge in [-0.2, -0.15) is 0 Å². The summed E-state index contributed by atoms with van der Waals surface area (Å²) in [7, 11) is 1.07. The summed E-state index contributed by atoms with van der Waals surface area (Å²) in [5.41, 5.74) is -0.326. The number of esters is 1. The van der Waals surface area contributed by atoms with E-state index < -0.39 is 18.1 Å². The van der Waals surface area contributed by atoms with Gasteiger partial charge in [-0.1, -0.05) is 15.9 Å². The summed E-state index contributed by atoms with van der Waals surface area (Å²) in [6.07, 6.45) is -3.64. The van der Waals surface area contributed by atoms with Gasteiger partial charge >= 0.3 is 12.3 Å². The van der Waals surface area contributed by atoms with Gasteiger partial charge in [0.1, 0.15) is 5.56 Å². The monoisotopic (exact) mass is 439 g/mol. The zero-order valence-electron chi connectivity index (χ0n) is 8.85. The molecule has 18 heavy (non-hydrogen) atoms. The van der Waals surface area contributed by atoms with Gasteiger partial charge < -0.3 is 9.47 Å². The van der Waals surface area contributed by atoms with Crippen molar-refractivity contribution in [3.63, 3.8) is 0 Å². The molecule has 0 amide bonds. The maximum atomic E-state index is 12.3. The number of carbonyl (C=O) groups excluding carboxylic acids is 1. The van der Waals surface area contributed by atoms with Crippen LogP contribution < -0.4 is 4.74 Å². The van der Waals surface area contributed by atoms with Gasteiger partial charge in [-0.3, -0.25) is 4.98 Å². The fourth-order valence-electron chi connectivity index (χ4n) is 1.12. The Morgan fingerprint density at radius 2 is 2.17 bits per heavy atom. The van der Waals surface area contributed by atoms with E-state index in [9.17, 15) is 18.0 Å². The van der Waals surface area contributed by atoms with Crippen LogP contribution in [0.3, 0.4) is 0 Å². The van der Waals surface area contributed by atoms with E-state index in [4.69, 9.17) is 0 Å². The Labute approximate surface area is 122 Å². The van der Waals surface area contributed by atoms with Crippen LogP contribution >= 0.6 is 38.5 Å². The van der Waals surface area contributed by atoms with Gasteiger partial charge in [-0.25, -0.2) is 4.79 Å². The van der Waals surface area contributed by atoms with E-state index in [2.05, 4.69) is 30.4 Å². The molecule has 0 aromatic carbocycles. The van der Waals surface area contributed by atoms with E-state index in [1.165, 1.54) is 6.20 Å². The molecule has 0 saturated heterocycles. The van der Waals surface area contributed by atoms with Crippen LogP contribution in [-0.2, 0) is 10.1 Å². The highest BCUT2D eigenvalue weighted by Crippen LogP contribution is 2.33. The van der Waals surface area contributed by atoms with Crippen LogP contribution in [0.1, 0.15) is 16.1 Å². The quantitative estimate of drug-likeness (QED) is 0.412. The lowest BCUT2D eigenvalue weighted by Gasteiger charge is -2.15. The van der Waals surface area contributed by atoms with Crippen molar-refractivity contribution >= 4 is 44.5 Å². The van der Waals surface area contributed by atoms with Crippen molar-refractivity contribution in [2.45, 2.75) is 11.7 Å². The highest BCUT2D eigenvalue weighted by Gasteiger charge is 2.35. The molecule has 1 aromatic rings. The second kappa shape index (κ2) is 6.04. The van der Waals surface area contributed by atoms with Gasteiger partial charge in [0, 0.05) is 15.1 Å². The third kappa shape index (κ3) is 3.70. The van der Waals surface area contributed by atoms with Crippen molar-refractivity contribution in [1.82, 2.24) is 4.98 Å². The standard InChI is InChI=1S/C9H6BrF3INO3/c1-17-8(16)6-4(14)3-15-5(2-10)7(6)18-9(11,12)13/h3H,2H2,1H3. The van der Waals surface area contributed by atoms with Crippen LogP contribution in [-0.4, -0.2) is 24.4 Å². The van der Waals surface area contributed by atoms with Crippen molar-refractivity contribution in [2.24, 2.45) is 0 Å². The van der Waals surface area contributed by atoms with E-state index >= 15 is 0 Å². The van der Waals surface area contributed by atoms with Crippen molar-refractivity contribution in [2.75, 3.05) is 7.11 Å². The molecule has 9 heteroatoms. The second-order valence-corrected chi connectivity index (χ2v) is 4.65. The topological polar surface area (TPSA) is 48.4 Å². The Morgan fingerprint density at radius 1 is 1.56 bits per heavy atom. The SMILES string of the molecule is COC(=O)c1c(I)cnc(CBr)c1OC(F)(F)F. The lowest BCUT2D eigenvalue weighted by molar-refractivity contribution is -0.275. The van der Waals surface area contributed by atoms with E-state index in [0.29, 0.717) is 0 Å². The molecule has 0 aliphatic carbocycles. The Hall–Kier alpha value is -0.580. The fourth-order valence-corrected chi connectivity index (χ4v) is 2.13. The molecular formula is C9H6BrF3INO3. The summed E-state index contributed by atoms with van der Waals surface area (Å²) >= 11 is 4.66. The summed E-state index contributed by atoms with van der Waals surface area (Å²) in [4.78, 5) is 15.3. The number of halogens is 5. The Balaban J connectivity index is 3.41. The molecule has 0 saturated carbocycles. The van der Waals surface area contributed by atoms with Gasteiger partial charge in [0.2, 0.25) is 0 Å². The molecule has 0 radical (unpaired) electrons. The Kier molecular flexibility index (Phi) is 5.20. The number of hydrogen-bond acceptors (Lipinski definition) is 4. The van der Waals surface area contributed by atoms with Crippen molar-refractivity contribution in [1.29, 1.82) is 0 Å². The van der Waals surface area contributed by atoms with Crippen LogP contribution in [0.2, 0.25) is 0 Å². The maximum Gasteiger partial charge on any atom is 0.573 e. The highest BCUT2D eigenvalue weighted by atomic mass is 127. The number of nitrogens with zero attached hydrogens (tertiary/aromatic N) is 1. The highest BCUT2D eigenvalue weighted by molar-refractivity contribution is 14.1. The van der Waals surface area contributed by atoms with Gasteiger partial charge in [-0.15, -0.1) is 13.2 Å². The van der Waals surface area contributed by atoms with Crippen LogP contribution in [0.5, 0.6) is 5.75 Å². The first-order chi connectivity index (χ1) is 8.30.